The van der Waals surface area contributed by atoms with Crippen LogP contribution in [0.25, 0.3) is 10.4 Å². The molecule has 0 aromatic heterocycles. The molecule has 1 atom stereocenters. The molecule has 0 aliphatic rings. The normalized spacial score (nSPS) is 12.2. The number of carbonyl (C=O) groups excluding carboxylic acids is 1. The van der Waals surface area contributed by atoms with E-state index in [-0.39, 0.29) is 11.6 Å². The van der Waals surface area contributed by atoms with Gasteiger partial charge in [-0.15, -0.1) is 0 Å². The highest BCUT2D eigenvalue weighted by Gasteiger charge is 2.32. The summed E-state index contributed by atoms with van der Waals surface area (Å²) in [6, 6.07) is 2.77. The van der Waals surface area contributed by atoms with Crippen LogP contribution in [-0.4, -0.2) is 36.5 Å². The van der Waals surface area contributed by atoms with E-state index in [9.17, 15) is 18.0 Å². The first-order chi connectivity index (χ1) is 11.2. The monoisotopic (exact) mass is 363 g/mol. The van der Waals surface area contributed by atoms with E-state index < -0.39 is 36.8 Å². The average molecular weight is 364 g/mol. The molecule has 0 saturated heterocycles. The number of carbonyl (C=O) groups is 1. The number of hydrogen-bond acceptors (Lipinski definition) is 2. The summed E-state index contributed by atoms with van der Waals surface area (Å²) in [6.45, 7) is 0.433. The first-order valence-corrected chi connectivity index (χ1v) is 7.38. The van der Waals surface area contributed by atoms with Crippen molar-refractivity contribution in [3.8, 4) is 0 Å². The highest BCUT2D eigenvalue weighted by molar-refractivity contribution is 6.31. The van der Waals surface area contributed by atoms with Crippen molar-refractivity contribution in [3.63, 3.8) is 0 Å². The molecule has 1 rings (SSSR count). The molecule has 0 spiro atoms. The van der Waals surface area contributed by atoms with E-state index in [0.29, 0.717) is 5.56 Å². The summed E-state index contributed by atoms with van der Waals surface area (Å²) in [6.07, 6.45) is -0.656. The number of amides is 2. The van der Waals surface area contributed by atoms with E-state index in [1.54, 1.807) is 6.07 Å². The highest BCUT2D eigenvalue weighted by Crippen LogP contribution is 2.23. The van der Waals surface area contributed by atoms with Gasteiger partial charge >= 0.3 is 6.03 Å². The SMILES string of the molecule is CC(CC(F)(F)CN=[N+]=[N-])N(C)C(=O)NCc1cccc(F)c1Cl. The molecule has 6 nitrogen and oxygen atoms in total. The number of nitrogens with zero attached hydrogens (tertiary/aromatic N) is 4. The van der Waals surface area contributed by atoms with E-state index in [1.165, 1.54) is 26.1 Å². The van der Waals surface area contributed by atoms with Crippen molar-refractivity contribution < 1.29 is 18.0 Å². The Hall–Kier alpha value is -2.12. The van der Waals surface area contributed by atoms with Crippen LogP contribution in [0.4, 0.5) is 18.0 Å². The van der Waals surface area contributed by atoms with Gasteiger partial charge in [0.05, 0.1) is 11.6 Å². The lowest BCUT2D eigenvalue weighted by atomic mass is 10.1. The molecule has 0 fully saturated rings. The minimum absolute atomic E-state index is 0.0401. The smallest absolute Gasteiger partial charge is 0.317 e. The summed E-state index contributed by atoms with van der Waals surface area (Å²) >= 11 is 5.78. The van der Waals surface area contributed by atoms with Crippen LogP contribution in [0.3, 0.4) is 0 Å². The average Bonchev–Trinajstić information content (AvgIpc) is 2.52. The number of benzene rings is 1. The van der Waals surface area contributed by atoms with Crippen molar-refractivity contribution in [1.29, 1.82) is 0 Å². The Morgan fingerprint density at radius 2 is 2.21 bits per heavy atom. The maximum absolute atomic E-state index is 13.6. The standard InChI is InChI=1S/C14H17ClF3N5O/c1-9(6-14(17,18)8-21-22-19)23(2)13(24)20-7-10-4-3-5-11(16)12(10)15/h3-5,9H,6-8H2,1-2H3,(H,20,24). The maximum Gasteiger partial charge on any atom is 0.317 e. The number of hydrogen-bond donors (Lipinski definition) is 1. The van der Waals surface area contributed by atoms with Gasteiger partial charge in [0, 0.05) is 31.0 Å². The summed E-state index contributed by atoms with van der Waals surface area (Å²) in [5.74, 6) is -3.82. The molecule has 0 saturated carbocycles. The highest BCUT2D eigenvalue weighted by atomic mass is 35.5. The predicted molar refractivity (Wildman–Crippen MR) is 84.4 cm³/mol. The largest absolute Gasteiger partial charge is 0.334 e. The van der Waals surface area contributed by atoms with Crippen molar-refractivity contribution in [2.24, 2.45) is 5.11 Å². The molecule has 24 heavy (non-hydrogen) atoms. The summed E-state index contributed by atoms with van der Waals surface area (Å²) in [4.78, 5) is 15.4. The zero-order chi connectivity index (χ0) is 18.3. The Labute approximate surface area is 142 Å². The Morgan fingerprint density at radius 1 is 1.54 bits per heavy atom. The van der Waals surface area contributed by atoms with Crippen LogP contribution in [0.2, 0.25) is 5.02 Å². The summed E-state index contributed by atoms with van der Waals surface area (Å²) in [5, 5.41) is 5.24. The Kier molecular flexibility index (Phi) is 7.18. The van der Waals surface area contributed by atoms with E-state index in [4.69, 9.17) is 17.1 Å². The molecule has 1 aromatic carbocycles. The minimum atomic E-state index is -3.22. The lowest BCUT2D eigenvalue weighted by Gasteiger charge is -2.28. The zero-order valence-corrected chi connectivity index (χ0v) is 13.9. The fourth-order valence-electron chi connectivity index (χ4n) is 1.95. The Balaban J connectivity index is 2.60. The number of urea groups is 1. The predicted octanol–water partition coefficient (Wildman–Crippen LogP) is 4.34. The van der Waals surface area contributed by atoms with Crippen LogP contribution in [0, 0.1) is 5.82 Å². The van der Waals surface area contributed by atoms with Gasteiger partial charge < -0.3 is 10.2 Å². The van der Waals surface area contributed by atoms with Crippen molar-refractivity contribution in [3.05, 3.63) is 45.0 Å². The number of azide groups is 1. The molecular formula is C14H17ClF3N5O. The van der Waals surface area contributed by atoms with Crippen LogP contribution >= 0.6 is 11.6 Å². The van der Waals surface area contributed by atoms with Crippen LogP contribution in [0.5, 0.6) is 0 Å². The third kappa shape index (κ3) is 5.82. The Morgan fingerprint density at radius 3 is 2.83 bits per heavy atom. The third-order valence-corrected chi connectivity index (χ3v) is 3.83. The number of nitrogens with one attached hydrogen (secondary N) is 1. The van der Waals surface area contributed by atoms with Gasteiger partial charge in [0.2, 0.25) is 0 Å². The topological polar surface area (TPSA) is 81.1 Å². The van der Waals surface area contributed by atoms with Crippen molar-refractivity contribution in [2.45, 2.75) is 31.9 Å². The molecule has 1 unspecified atom stereocenters. The molecule has 10 heteroatoms. The van der Waals surface area contributed by atoms with Crippen LogP contribution in [0.1, 0.15) is 18.9 Å². The number of halogens is 4. The van der Waals surface area contributed by atoms with E-state index in [2.05, 4.69) is 15.3 Å². The maximum atomic E-state index is 13.6. The van der Waals surface area contributed by atoms with Crippen molar-refractivity contribution in [2.75, 3.05) is 13.6 Å². The summed E-state index contributed by atoms with van der Waals surface area (Å²) < 4.78 is 40.4. The number of alkyl halides is 2. The van der Waals surface area contributed by atoms with Gasteiger partial charge in [-0.3, -0.25) is 0 Å². The van der Waals surface area contributed by atoms with Crippen molar-refractivity contribution in [1.82, 2.24) is 10.2 Å². The molecular weight excluding hydrogens is 347 g/mol. The van der Waals surface area contributed by atoms with E-state index in [1.807, 2.05) is 0 Å². The molecule has 0 radical (unpaired) electrons. The van der Waals surface area contributed by atoms with Gasteiger partial charge in [-0.05, 0) is 24.1 Å². The molecule has 0 aliphatic heterocycles. The number of rotatable bonds is 7. The molecule has 132 valence electrons. The fourth-order valence-corrected chi connectivity index (χ4v) is 2.14. The molecule has 1 N–H and O–H groups in total. The first-order valence-electron chi connectivity index (χ1n) is 7.00. The summed E-state index contributed by atoms with van der Waals surface area (Å²) in [5.41, 5.74) is 8.47. The molecule has 0 heterocycles. The van der Waals surface area contributed by atoms with Crippen LogP contribution < -0.4 is 5.32 Å². The van der Waals surface area contributed by atoms with E-state index in [0.717, 1.165) is 4.90 Å². The second-order valence-corrected chi connectivity index (χ2v) is 5.66. The Bertz CT molecular complexity index is 637. The van der Waals surface area contributed by atoms with Gasteiger partial charge in [0.1, 0.15) is 5.82 Å². The van der Waals surface area contributed by atoms with Gasteiger partial charge in [-0.25, -0.2) is 18.0 Å². The van der Waals surface area contributed by atoms with Gasteiger partial charge in [0.15, 0.2) is 0 Å². The van der Waals surface area contributed by atoms with Gasteiger partial charge in [-0.2, -0.15) is 0 Å². The molecule has 0 bridgehead atoms. The second kappa shape index (κ2) is 8.65. The second-order valence-electron chi connectivity index (χ2n) is 5.28. The minimum Gasteiger partial charge on any atom is -0.334 e. The van der Waals surface area contributed by atoms with Crippen molar-refractivity contribution >= 4 is 17.6 Å². The van der Waals surface area contributed by atoms with Gasteiger partial charge in [0.25, 0.3) is 5.92 Å². The van der Waals surface area contributed by atoms with Crippen LogP contribution in [0.15, 0.2) is 23.3 Å². The third-order valence-electron chi connectivity index (χ3n) is 3.40. The van der Waals surface area contributed by atoms with E-state index >= 15 is 0 Å². The molecule has 0 aliphatic carbocycles. The lowest BCUT2D eigenvalue weighted by molar-refractivity contribution is -0.0144. The zero-order valence-electron chi connectivity index (χ0n) is 13.1. The molecule has 1 aromatic rings. The fraction of sp³-hybridized carbons (Fsp3) is 0.500. The van der Waals surface area contributed by atoms with Gasteiger partial charge in [-0.1, -0.05) is 28.8 Å². The van der Waals surface area contributed by atoms with Crippen LogP contribution in [-0.2, 0) is 6.54 Å². The quantitative estimate of drug-likeness (QED) is 0.436. The summed E-state index contributed by atoms with van der Waals surface area (Å²) in [7, 11) is 1.36. The molecule has 2 amide bonds. The first kappa shape index (κ1) is 19.9. The lowest BCUT2D eigenvalue weighted by Crippen LogP contribution is -2.44.